The van der Waals surface area contributed by atoms with E-state index in [2.05, 4.69) is 50.3 Å². The van der Waals surface area contributed by atoms with Gasteiger partial charge in [0.1, 0.15) is 24.7 Å². The second kappa shape index (κ2) is 17.9. The molecule has 2 heterocycles. The number of pyridine rings is 2. The summed E-state index contributed by atoms with van der Waals surface area (Å²) in [6.07, 6.45) is 17.0. The Kier molecular flexibility index (Phi) is 13.8. The van der Waals surface area contributed by atoms with E-state index in [-0.39, 0.29) is 24.8 Å². The number of rotatable bonds is 16. The maximum absolute atomic E-state index is 5.81. The largest absolute Gasteiger partial charge is 0.479 e. The van der Waals surface area contributed by atoms with Crippen molar-refractivity contribution in [2.75, 3.05) is 26.4 Å². The van der Waals surface area contributed by atoms with Crippen LogP contribution in [0.1, 0.15) is 22.5 Å². The highest BCUT2D eigenvalue weighted by Crippen LogP contribution is 2.12. The normalized spacial score (nSPS) is 12.6. The first-order chi connectivity index (χ1) is 19.6. The van der Waals surface area contributed by atoms with E-state index in [1.807, 2.05) is 36.4 Å². The van der Waals surface area contributed by atoms with Crippen molar-refractivity contribution in [3.05, 3.63) is 83.4 Å². The summed E-state index contributed by atoms with van der Waals surface area (Å²) in [4.78, 5) is 17.5. The predicted molar refractivity (Wildman–Crippen MR) is 165 cm³/mol. The zero-order valence-electron chi connectivity index (χ0n) is 22.1. The molecule has 206 valence electrons. The summed E-state index contributed by atoms with van der Waals surface area (Å²) >= 11 is 0. The highest BCUT2D eigenvalue weighted by Gasteiger charge is 2.03. The van der Waals surface area contributed by atoms with Crippen LogP contribution >= 0.6 is 18.5 Å². The Morgan fingerprint density at radius 1 is 0.700 bits per heavy atom. The number of ether oxygens (including phenoxy) is 4. The van der Waals surface area contributed by atoms with E-state index in [1.54, 1.807) is 37.0 Å². The topological polar surface area (TPSA) is 87.4 Å². The summed E-state index contributed by atoms with van der Waals surface area (Å²) in [5.74, 6) is 5.92. The molecule has 10 heteroatoms. The van der Waals surface area contributed by atoms with E-state index in [1.165, 1.54) is 0 Å². The molecule has 4 atom stereocenters. The van der Waals surface area contributed by atoms with Crippen LogP contribution in [0.25, 0.3) is 0 Å². The molecular formula is C30H32N4O4P2. The summed E-state index contributed by atoms with van der Waals surface area (Å²) in [6.45, 7) is 2.34. The molecule has 0 saturated carbocycles. The first-order valence-corrected chi connectivity index (χ1v) is 13.7. The Morgan fingerprint density at radius 2 is 1.12 bits per heavy atom. The average Bonchev–Trinajstić information content (AvgIpc) is 2.98. The number of nitrogens with zero attached hydrogens (tertiary/aromatic N) is 4. The molecule has 0 saturated heterocycles. The van der Waals surface area contributed by atoms with Crippen LogP contribution in [0.5, 0.6) is 11.5 Å². The van der Waals surface area contributed by atoms with Crippen molar-refractivity contribution in [3.8, 4) is 36.2 Å². The summed E-state index contributed by atoms with van der Waals surface area (Å²) in [5, 5.41) is 0. The molecule has 0 spiro atoms. The van der Waals surface area contributed by atoms with E-state index in [0.29, 0.717) is 37.9 Å². The molecule has 1 aromatic carbocycles. The van der Waals surface area contributed by atoms with Crippen molar-refractivity contribution >= 4 is 30.9 Å². The van der Waals surface area contributed by atoms with Crippen molar-refractivity contribution in [2.45, 2.75) is 24.8 Å². The number of benzene rings is 1. The summed E-state index contributed by atoms with van der Waals surface area (Å²) in [6, 6.07) is 15.4. The Balaban J connectivity index is 1.31. The Labute approximate surface area is 240 Å². The molecule has 0 bridgehead atoms. The number of hydrogen-bond donors (Lipinski definition) is 0. The molecule has 0 radical (unpaired) electrons. The fraction of sp³-hybridized carbons (Fsp3) is 0.267. The lowest BCUT2D eigenvalue weighted by Gasteiger charge is -2.10. The quantitative estimate of drug-likeness (QED) is 0.145. The lowest BCUT2D eigenvalue weighted by molar-refractivity contribution is 0.121. The van der Waals surface area contributed by atoms with E-state index < -0.39 is 0 Å². The summed E-state index contributed by atoms with van der Waals surface area (Å²) in [5.41, 5.74) is 3.61. The number of aromatic nitrogens is 2. The monoisotopic (exact) mass is 574 g/mol. The molecule has 40 heavy (non-hydrogen) atoms. The number of aliphatic imine (C=N–C) groups is 2. The van der Waals surface area contributed by atoms with E-state index >= 15 is 0 Å². The first-order valence-electron chi connectivity index (χ1n) is 12.4. The first kappa shape index (κ1) is 30.9. The van der Waals surface area contributed by atoms with Crippen LogP contribution in [0.2, 0.25) is 0 Å². The maximum Gasteiger partial charge on any atom is 0.148 e. The SMILES string of the molecule is C#CCOc1ccc(C=N[C@H](P)COCc2ccc(COC[C@@H](P)N=Cc3ccc(OCC#C)cn3)cc2)nc1. The van der Waals surface area contributed by atoms with E-state index in [9.17, 15) is 0 Å². The molecule has 0 N–H and O–H groups in total. The van der Waals surface area contributed by atoms with Crippen LogP contribution < -0.4 is 9.47 Å². The molecule has 3 rings (SSSR count). The Morgan fingerprint density at radius 3 is 1.48 bits per heavy atom. The fourth-order valence-corrected chi connectivity index (χ4v) is 3.56. The third-order valence-electron chi connectivity index (χ3n) is 5.10. The van der Waals surface area contributed by atoms with Gasteiger partial charge in [0.2, 0.25) is 0 Å². The minimum absolute atomic E-state index is 0.0857. The molecule has 0 aliphatic heterocycles. The zero-order valence-corrected chi connectivity index (χ0v) is 24.4. The molecular weight excluding hydrogens is 542 g/mol. The smallest absolute Gasteiger partial charge is 0.148 e. The van der Waals surface area contributed by atoms with Crippen LogP contribution in [-0.2, 0) is 22.7 Å². The third-order valence-corrected chi connectivity index (χ3v) is 5.83. The van der Waals surface area contributed by atoms with Gasteiger partial charge in [-0.25, -0.2) is 0 Å². The van der Waals surface area contributed by atoms with Gasteiger partial charge in [-0.05, 0) is 35.4 Å². The van der Waals surface area contributed by atoms with Gasteiger partial charge in [0.25, 0.3) is 0 Å². The minimum atomic E-state index is -0.0857. The van der Waals surface area contributed by atoms with Gasteiger partial charge in [0, 0.05) is 12.4 Å². The van der Waals surface area contributed by atoms with Gasteiger partial charge in [-0.15, -0.1) is 31.3 Å². The van der Waals surface area contributed by atoms with Crippen molar-refractivity contribution in [1.82, 2.24) is 9.97 Å². The molecule has 0 fully saturated rings. The third kappa shape index (κ3) is 12.0. The maximum atomic E-state index is 5.81. The lowest BCUT2D eigenvalue weighted by atomic mass is 10.1. The number of terminal acetylenes is 2. The molecule has 2 unspecified atom stereocenters. The molecule has 8 nitrogen and oxygen atoms in total. The predicted octanol–water partition coefficient (Wildman–Crippen LogP) is 4.17. The van der Waals surface area contributed by atoms with Gasteiger partial charge >= 0.3 is 0 Å². The van der Waals surface area contributed by atoms with Crippen LogP contribution in [0.4, 0.5) is 0 Å². The van der Waals surface area contributed by atoms with Crippen molar-refractivity contribution in [1.29, 1.82) is 0 Å². The highest BCUT2D eigenvalue weighted by molar-refractivity contribution is 7.17. The van der Waals surface area contributed by atoms with E-state index in [0.717, 1.165) is 22.5 Å². The highest BCUT2D eigenvalue weighted by atomic mass is 31.0. The minimum Gasteiger partial charge on any atom is -0.479 e. The Bertz CT molecular complexity index is 1200. The molecule has 0 aliphatic carbocycles. The molecule has 3 aromatic rings. The van der Waals surface area contributed by atoms with Gasteiger partial charge in [-0.2, -0.15) is 0 Å². The zero-order chi connectivity index (χ0) is 28.4. The molecule has 0 aliphatic rings. The lowest BCUT2D eigenvalue weighted by Crippen LogP contribution is -2.07. The van der Waals surface area contributed by atoms with Gasteiger partial charge < -0.3 is 18.9 Å². The Hall–Kier alpha value is -3.64. The van der Waals surface area contributed by atoms with Gasteiger partial charge in [0.15, 0.2) is 0 Å². The van der Waals surface area contributed by atoms with Gasteiger partial charge in [0.05, 0.1) is 61.8 Å². The number of hydrogen-bond acceptors (Lipinski definition) is 8. The summed E-state index contributed by atoms with van der Waals surface area (Å²) in [7, 11) is 5.33. The molecule has 0 amide bonds. The fourth-order valence-electron chi connectivity index (χ4n) is 3.11. The van der Waals surface area contributed by atoms with Gasteiger partial charge in [-0.1, -0.05) is 36.1 Å². The van der Waals surface area contributed by atoms with Crippen LogP contribution in [0.15, 0.2) is 70.9 Å². The van der Waals surface area contributed by atoms with Crippen LogP contribution in [-0.4, -0.2) is 60.4 Å². The van der Waals surface area contributed by atoms with Crippen molar-refractivity contribution < 1.29 is 18.9 Å². The second-order valence-corrected chi connectivity index (χ2v) is 9.90. The van der Waals surface area contributed by atoms with Crippen molar-refractivity contribution in [3.63, 3.8) is 0 Å². The van der Waals surface area contributed by atoms with Crippen LogP contribution in [0, 0.1) is 24.7 Å². The summed E-state index contributed by atoms with van der Waals surface area (Å²) < 4.78 is 22.2. The molecule has 2 aromatic heterocycles. The van der Waals surface area contributed by atoms with Crippen LogP contribution in [0.3, 0.4) is 0 Å². The van der Waals surface area contributed by atoms with Gasteiger partial charge in [-0.3, -0.25) is 20.0 Å². The standard InChI is InChI=1S/C30H32N4O4P2/c1-3-13-37-27-11-9-25(31-17-27)15-33-29(39)21-35-19-23-5-7-24(8-6-23)20-36-22-30(40)34-16-26-10-12-28(18-32-26)38-14-4-2/h1-2,5-12,15-18,29-30H,13-14,19-22,39-40H2/t29-,30-/m1/s1. The average molecular weight is 575 g/mol. The van der Waals surface area contributed by atoms with Crippen molar-refractivity contribution in [2.24, 2.45) is 9.98 Å². The van der Waals surface area contributed by atoms with E-state index in [4.69, 9.17) is 31.8 Å². The second-order valence-electron chi connectivity index (χ2n) is 8.36.